The van der Waals surface area contributed by atoms with Crippen molar-refractivity contribution >= 4 is 32.8 Å². The molecule has 0 aliphatic carbocycles. The van der Waals surface area contributed by atoms with Gasteiger partial charge in [-0.2, -0.15) is 0 Å². The van der Waals surface area contributed by atoms with Gasteiger partial charge in [-0.25, -0.2) is 14.3 Å². The third kappa shape index (κ3) is 7.33. The highest BCUT2D eigenvalue weighted by atomic mass is 79.9. The van der Waals surface area contributed by atoms with E-state index in [1.165, 1.54) is 10.8 Å². The number of aliphatic hydroxyl groups is 1. The zero-order valence-corrected chi connectivity index (χ0v) is 26.9. The first-order valence-corrected chi connectivity index (χ1v) is 15.7. The lowest BCUT2D eigenvalue weighted by atomic mass is 10.1. The van der Waals surface area contributed by atoms with E-state index in [0.29, 0.717) is 28.8 Å². The minimum Gasteiger partial charge on any atom is -0.422 e. The number of ether oxygens (including phenoxy) is 1. The van der Waals surface area contributed by atoms with Gasteiger partial charge in [0.2, 0.25) is 5.91 Å². The van der Waals surface area contributed by atoms with Gasteiger partial charge >= 0.3 is 11.3 Å². The molecule has 15 heteroatoms. The Labute approximate surface area is 275 Å². The molecular formula is C32H32BrN7O7. The van der Waals surface area contributed by atoms with E-state index in [1.54, 1.807) is 40.9 Å². The maximum Gasteiger partial charge on any atom is 0.341 e. The monoisotopic (exact) mass is 705 g/mol. The first-order valence-electron chi connectivity index (χ1n) is 14.9. The number of nitrogens with zero attached hydrogens (tertiary/aromatic N) is 5. The maximum atomic E-state index is 13.5. The van der Waals surface area contributed by atoms with Crippen molar-refractivity contribution in [2.24, 2.45) is 0 Å². The lowest BCUT2D eigenvalue weighted by Gasteiger charge is -2.23. The van der Waals surface area contributed by atoms with Gasteiger partial charge in [0, 0.05) is 41.1 Å². The molecule has 244 valence electrons. The number of hydrogen-bond donors (Lipinski definition) is 3. The Morgan fingerprint density at radius 1 is 1.13 bits per heavy atom. The minimum atomic E-state index is -0.717. The molecule has 47 heavy (non-hydrogen) atoms. The van der Waals surface area contributed by atoms with Crippen LogP contribution in [0.2, 0.25) is 0 Å². The number of aromatic amines is 1. The average molecular weight is 707 g/mol. The van der Waals surface area contributed by atoms with Crippen LogP contribution in [0.3, 0.4) is 0 Å². The van der Waals surface area contributed by atoms with Crippen molar-refractivity contribution in [3.05, 3.63) is 125 Å². The van der Waals surface area contributed by atoms with Crippen LogP contribution in [0.1, 0.15) is 41.1 Å². The van der Waals surface area contributed by atoms with Gasteiger partial charge in [-0.1, -0.05) is 51.5 Å². The normalized spacial score (nSPS) is 17.7. The summed E-state index contributed by atoms with van der Waals surface area (Å²) in [5, 5.41) is 22.2. The van der Waals surface area contributed by atoms with E-state index in [2.05, 4.69) is 36.5 Å². The summed E-state index contributed by atoms with van der Waals surface area (Å²) in [7, 11) is 0. The molecule has 0 radical (unpaired) electrons. The molecule has 4 heterocycles. The van der Waals surface area contributed by atoms with Crippen LogP contribution in [0.15, 0.2) is 90.3 Å². The second-order valence-electron chi connectivity index (χ2n) is 11.4. The highest BCUT2D eigenvalue weighted by Gasteiger charge is 2.38. The van der Waals surface area contributed by atoms with Crippen LogP contribution in [0.5, 0.6) is 0 Å². The summed E-state index contributed by atoms with van der Waals surface area (Å²) in [6, 6.07) is 16.2. The molecular weight excluding hydrogens is 674 g/mol. The average Bonchev–Trinajstić information content (AvgIpc) is 3.70. The number of nitrogens with one attached hydrogen (secondary N) is 2. The van der Waals surface area contributed by atoms with E-state index in [-0.39, 0.29) is 38.7 Å². The molecule has 3 aromatic heterocycles. The van der Waals surface area contributed by atoms with Crippen LogP contribution in [0, 0.1) is 6.92 Å². The van der Waals surface area contributed by atoms with Gasteiger partial charge in [-0.05, 0) is 36.8 Å². The molecule has 6 rings (SSSR count). The number of benzene rings is 2. The molecule has 1 amide bonds. The van der Waals surface area contributed by atoms with Crippen molar-refractivity contribution in [1.82, 2.24) is 34.8 Å². The first kappa shape index (κ1) is 32.2. The lowest BCUT2D eigenvalue weighted by Crippen LogP contribution is -2.38. The minimum absolute atomic E-state index is 0.0352. The Morgan fingerprint density at radius 3 is 2.72 bits per heavy atom. The third-order valence-electron chi connectivity index (χ3n) is 8.02. The fourth-order valence-corrected chi connectivity index (χ4v) is 5.96. The van der Waals surface area contributed by atoms with Gasteiger partial charge in [0.15, 0.2) is 0 Å². The number of aryl methyl sites for hydroxylation is 1. The van der Waals surface area contributed by atoms with Crippen LogP contribution in [0.4, 0.5) is 0 Å². The molecule has 2 aromatic carbocycles. The van der Waals surface area contributed by atoms with Crippen molar-refractivity contribution in [2.45, 2.75) is 51.4 Å². The number of aromatic nitrogens is 5. The van der Waals surface area contributed by atoms with E-state index < -0.39 is 35.2 Å². The van der Waals surface area contributed by atoms with Gasteiger partial charge in [0.25, 0.3) is 5.56 Å². The van der Waals surface area contributed by atoms with Crippen LogP contribution in [-0.4, -0.2) is 59.7 Å². The summed E-state index contributed by atoms with van der Waals surface area (Å²) in [5.41, 5.74) is 1.05. The Morgan fingerprint density at radius 2 is 1.94 bits per heavy atom. The molecule has 1 aliphatic heterocycles. The van der Waals surface area contributed by atoms with Crippen molar-refractivity contribution in [2.75, 3.05) is 13.2 Å². The lowest BCUT2D eigenvalue weighted by molar-refractivity contribution is -0.131. The molecule has 14 nitrogen and oxygen atoms in total. The summed E-state index contributed by atoms with van der Waals surface area (Å²) in [5.74, 6) is -0.232. The molecule has 0 spiro atoms. The summed E-state index contributed by atoms with van der Waals surface area (Å²) in [6.07, 6.45) is 2.05. The summed E-state index contributed by atoms with van der Waals surface area (Å²) in [4.78, 5) is 54.4. The van der Waals surface area contributed by atoms with E-state index in [1.807, 2.05) is 36.4 Å². The molecule has 0 bridgehead atoms. The summed E-state index contributed by atoms with van der Waals surface area (Å²) >= 11 is 3.44. The van der Waals surface area contributed by atoms with Gasteiger partial charge in [-0.3, -0.25) is 19.1 Å². The molecule has 1 fully saturated rings. The first-order chi connectivity index (χ1) is 22.7. The van der Waals surface area contributed by atoms with Crippen LogP contribution in [-0.2, 0) is 29.2 Å². The molecule has 5 aromatic rings. The standard InChI is InChI=1S/C32H32BrN7O7/c1-19-14-39(32(45)35-30(19)43)29-11-25(27(18-41)46-29)40-17-24(36-37-40)12-34-13-28(42)38(15-20-5-3-2-4-6-20)16-22-9-21-10-23(33)7-8-26(21)47-31(22)44/h2-10,14,17,25,27,29,34,41H,11-13,15-16,18H2,1H3,(H,35,43,45)/t25-,27+,29+/m0/s1. The van der Waals surface area contributed by atoms with E-state index >= 15 is 0 Å². The van der Waals surface area contributed by atoms with Crippen molar-refractivity contribution < 1.29 is 19.1 Å². The number of fused-ring (bicyclic) bond motifs is 1. The second-order valence-corrected chi connectivity index (χ2v) is 12.3. The summed E-state index contributed by atoms with van der Waals surface area (Å²) in [6.45, 7) is 1.80. The second kappa shape index (κ2) is 14.0. The number of carbonyl (C=O) groups excluding carboxylic acids is 1. The number of hydrogen-bond acceptors (Lipinski definition) is 10. The van der Waals surface area contributed by atoms with Crippen molar-refractivity contribution in [3.8, 4) is 0 Å². The predicted molar refractivity (Wildman–Crippen MR) is 173 cm³/mol. The van der Waals surface area contributed by atoms with E-state index in [0.717, 1.165) is 15.4 Å². The molecule has 3 atom stereocenters. The topological polar surface area (TPSA) is 178 Å². The molecule has 1 aliphatic rings. The number of rotatable bonds is 11. The largest absolute Gasteiger partial charge is 0.422 e. The number of halogens is 1. The number of aliphatic hydroxyl groups excluding tert-OH is 1. The Hall–Kier alpha value is -4.70. The fraction of sp³-hybridized carbons (Fsp3) is 0.312. The van der Waals surface area contributed by atoms with Gasteiger partial charge in [0.05, 0.1) is 43.2 Å². The van der Waals surface area contributed by atoms with E-state index in [9.17, 15) is 24.3 Å². The molecule has 1 saturated heterocycles. The Balaban J connectivity index is 1.12. The maximum absolute atomic E-state index is 13.5. The van der Waals surface area contributed by atoms with Crippen molar-refractivity contribution in [3.63, 3.8) is 0 Å². The predicted octanol–water partition coefficient (Wildman–Crippen LogP) is 2.15. The zero-order chi connectivity index (χ0) is 33.1. The summed E-state index contributed by atoms with van der Waals surface area (Å²) < 4.78 is 15.2. The van der Waals surface area contributed by atoms with Gasteiger partial charge in [0.1, 0.15) is 17.9 Å². The number of H-pyrrole nitrogens is 1. The Bertz CT molecular complexity index is 2070. The quantitative estimate of drug-likeness (QED) is 0.173. The Kier molecular flexibility index (Phi) is 9.58. The van der Waals surface area contributed by atoms with Crippen LogP contribution >= 0.6 is 15.9 Å². The fourth-order valence-electron chi connectivity index (χ4n) is 5.58. The molecule has 0 saturated carbocycles. The van der Waals surface area contributed by atoms with Crippen LogP contribution in [0.25, 0.3) is 11.0 Å². The van der Waals surface area contributed by atoms with E-state index in [4.69, 9.17) is 9.15 Å². The smallest absolute Gasteiger partial charge is 0.341 e. The van der Waals surface area contributed by atoms with Gasteiger partial charge < -0.3 is 24.5 Å². The van der Waals surface area contributed by atoms with Crippen LogP contribution < -0.4 is 22.2 Å². The highest BCUT2D eigenvalue weighted by molar-refractivity contribution is 9.10. The number of amides is 1. The van der Waals surface area contributed by atoms with Gasteiger partial charge in [-0.15, -0.1) is 5.10 Å². The zero-order valence-electron chi connectivity index (χ0n) is 25.3. The highest BCUT2D eigenvalue weighted by Crippen LogP contribution is 2.35. The molecule has 3 N–H and O–H groups in total. The SMILES string of the molecule is Cc1cn([C@H]2C[C@H](n3cc(CNCC(=O)N(Cc4ccccc4)Cc4cc5cc(Br)ccc5oc4=O)nn3)[C@@H](CO)O2)c(=O)[nH]c1=O. The number of carbonyl (C=O) groups is 1. The molecule has 0 unspecified atom stereocenters. The third-order valence-corrected chi connectivity index (χ3v) is 8.51. The van der Waals surface area contributed by atoms with Crippen molar-refractivity contribution in [1.29, 1.82) is 0 Å².